The fourth-order valence-corrected chi connectivity index (χ4v) is 8.36. The van der Waals surface area contributed by atoms with Gasteiger partial charge in [0.1, 0.15) is 5.78 Å². The molecular weight excluding hydrogens is 479 g/mol. The Labute approximate surface area is 170 Å². The number of rotatable bonds is 11. The number of hydrogen-bond acceptors (Lipinski definition) is 4. The predicted octanol–water partition coefficient (Wildman–Crippen LogP) is 5.66. The van der Waals surface area contributed by atoms with Gasteiger partial charge in [0.2, 0.25) is 0 Å². The van der Waals surface area contributed by atoms with Gasteiger partial charge in [0.15, 0.2) is 0 Å². The van der Waals surface area contributed by atoms with Crippen molar-refractivity contribution in [2.75, 3.05) is 5.75 Å². The maximum absolute atomic E-state index is 14.0. The fourth-order valence-electron chi connectivity index (χ4n) is 2.39. The van der Waals surface area contributed by atoms with E-state index in [9.17, 15) is 52.7 Å². The molecule has 30 heavy (non-hydrogen) atoms. The second kappa shape index (κ2) is 9.04. The van der Waals surface area contributed by atoms with Crippen LogP contribution < -0.4 is 0 Å². The van der Waals surface area contributed by atoms with Gasteiger partial charge in [0.25, 0.3) is 0 Å². The van der Waals surface area contributed by atoms with Crippen LogP contribution in [0.3, 0.4) is 0 Å². The molecule has 0 amide bonds. The lowest BCUT2D eigenvalue weighted by Gasteiger charge is -2.46. The molecule has 4 nitrogen and oxygen atoms in total. The van der Waals surface area contributed by atoms with Crippen LogP contribution in [0.15, 0.2) is 0 Å². The first-order valence-corrected chi connectivity index (χ1v) is 11.8. The zero-order valence-electron chi connectivity index (χ0n) is 16.6. The van der Waals surface area contributed by atoms with Crippen LogP contribution in [0.5, 0.6) is 0 Å². The van der Waals surface area contributed by atoms with Crippen LogP contribution in [0.2, 0.25) is 0 Å². The first kappa shape index (κ1) is 29.3. The highest BCUT2D eigenvalue weighted by Gasteiger charge is 2.86. The van der Waals surface area contributed by atoms with Crippen molar-refractivity contribution in [2.45, 2.75) is 81.2 Å². The van der Waals surface area contributed by atoms with Crippen molar-refractivity contribution in [2.24, 2.45) is 0 Å². The largest absolute Gasteiger partial charge is 0.460 e. The van der Waals surface area contributed by atoms with E-state index in [1.165, 1.54) is 27.7 Å². The normalized spacial score (nSPS) is 15.7. The molecule has 0 aliphatic rings. The van der Waals surface area contributed by atoms with Gasteiger partial charge in [-0.2, -0.15) is 47.9 Å². The Morgan fingerprint density at radius 3 is 1.53 bits per heavy atom. The van der Waals surface area contributed by atoms with Crippen LogP contribution in [0, 0.1) is 0 Å². The van der Waals surface area contributed by atoms with E-state index in [-0.39, 0.29) is 12.8 Å². The van der Waals surface area contributed by atoms with Crippen molar-refractivity contribution in [3.8, 4) is 0 Å². The molecule has 0 aromatic carbocycles. The second-order valence-electron chi connectivity index (χ2n) is 7.00. The molecule has 0 rings (SSSR count). The van der Waals surface area contributed by atoms with E-state index in [0.717, 1.165) is 0 Å². The van der Waals surface area contributed by atoms with Crippen LogP contribution in [0.25, 0.3) is 0 Å². The highest BCUT2D eigenvalue weighted by atomic mass is 32.3. The number of ketones is 1. The Morgan fingerprint density at radius 2 is 1.23 bits per heavy atom. The summed E-state index contributed by atoms with van der Waals surface area (Å²) in [7, 11) is -10.6. The van der Waals surface area contributed by atoms with Gasteiger partial charge in [-0.25, -0.2) is 3.63 Å². The van der Waals surface area contributed by atoms with Gasteiger partial charge >= 0.3 is 33.4 Å². The van der Waals surface area contributed by atoms with Crippen molar-refractivity contribution < 1.29 is 56.4 Å². The second-order valence-corrected chi connectivity index (χ2v) is 12.7. The number of carbonyl (C=O) groups excluding carboxylic acids is 1. The Kier molecular flexibility index (Phi) is 8.83. The molecule has 0 aliphatic heterocycles. The number of hydrogen-bond donors (Lipinski definition) is 0. The molecule has 182 valence electrons. The number of alkyl halides is 9. The summed E-state index contributed by atoms with van der Waals surface area (Å²) in [5.74, 6) is -16.2. The minimum atomic E-state index is -7.39. The fraction of sp³-hybridized carbons (Fsp3) is 0.933. The van der Waals surface area contributed by atoms with Crippen molar-refractivity contribution in [3.05, 3.63) is 0 Å². The maximum atomic E-state index is 14.0. The van der Waals surface area contributed by atoms with E-state index in [1.807, 2.05) is 0 Å². The summed E-state index contributed by atoms with van der Waals surface area (Å²) < 4.78 is 146. The lowest BCUT2D eigenvalue weighted by molar-refractivity contribution is -0.382. The molecule has 0 saturated heterocycles. The SMILES string of the molecule is CCCC(=O)CS(OS(=O)(=O)C(F)(F)C(F)(F)C(F)(F)C(F)(F)F)(C(C)C)C(C)C. The molecule has 0 bridgehead atoms. The zero-order valence-corrected chi connectivity index (χ0v) is 18.3. The van der Waals surface area contributed by atoms with E-state index in [2.05, 4.69) is 3.63 Å². The van der Waals surface area contributed by atoms with Crippen molar-refractivity contribution in [1.82, 2.24) is 0 Å². The Morgan fingerprint density at radius 1 is 0.833 bits per heavy atom. The summed E-state index contributed by atoms with van der Waals surface area (Å²) in [5.41, 5.74) is 0. The van der Waals surface area contributed by atoms with E-state index in [0.29, 0.717) is 0 Å². The van der Waals surface area contributed by atoms with Gasteiger partial charge < -0.3 is 0 Å². The molecule has 0 atom stereocenters. The highest BCUT2D eigenvalue weighted by Crippen LogP contribution is 2.62. The number of Topliss-reactive ketones (excluding diaryl/α,β-unsaturated/α-hetero) is 1. The molecule has 0 aromatic heterocycles. The first-order chi connectivity index (χ1) is 13.0. The Bertz CT molecular complexity index is 708. The van der Waals surface area contributed by atoms with Crippen LogP contribution in [0.4, 0.5) is 39.5 Å². The quantitative estimate of drug-likeness (QED) is 0.342. The third kappa shape index (κ3) is 5.03. The maximum Gasteiger partial charge on any atom is 0.460 e. The van der Waals surface area contributed by atoms with E-state index in [1.54, 1.807) is 6.92 Å². The summed E-state index contributed by atoms with van der Waals surface area (Å²) in [5, 5.41) is -9.00. The molecule has 0 heterocycles. The van der Waals surface area contributed by atoms with Gasteiger partial charge in [-0.1, -0.05) is 34.6 Å². The van der Waals surface area contributed by atoms with Gasteiger partial charge in [-0.15, -0.1) is 10.3 Å². The standard InChI is InChI=1S/C15H23F9O4S2/c1-6-7-11(25)8-29(9(2)3,10(4)5)28-30(26,27)15(23,24)13(18,19)12(16,17)14(20,21)22/h9-10H,6-8H2,1-5H3. The molecule has 0 aliphatic carbocycles. The molecule has 0 fully saturated rings. The highest BCUT2D eigenvalue weighted by molar-refractivity contribution is 8.34. The topological polar surface area (TPSA) is 60.4 Å². The molecule has 0 unspecified atom stereocenters. The smallest absolute Gasteiger partial charge is 0.299 e. The molecule has 0 N–H and O–H groups in total. The van der Waals surface area contributed by atoms with Crippen LogP contribution >= 0.6 is 10.3 Å². The minimum absolute atomic E-state index is 0.143. The third-order valence-corrected chi connectivity index (χ3v) is 10.7. The van der Waals surface area contributed by atoms with E-state index >= 15 is 0 Å². The van der Waals surface area contributed by atoms with Crippen molar-refractivity contribution >= 4 is 26.2 Å². The molecule has 0 radical (unpaired) electrons. The summed E-state index contributed by atoms with van der Waals surface area (Å²) in [6.45, 7) is 6.47. The Hall–Kier alpha value is -0.700. The van der Waals surface area contributed by atoms with Crippen LogP contribution in [-0.4, -0.2) is 53.7 Å². The van der Waals surface area contributed by atoms with Crippen LogP contribution in [-0.2, 0) is 18.5 Å². The molecule has 15 heteroatoms. The van der Waals surface area contributed by atoms with Gasteiger partial charge in [-0.05, 0) is 6.42 Å². The average molecular weight is 502 g/mol. The molecule has 0 aromatic rings. The minimum Gasteiger partial charge on any atom is -0.299 e. The van der Waals surface area contributed by atoms with Crippen LogP contribution in [0.1, 0.15) is 47.5 Å². The summed E-state index contributed by atoms with van der Waals surface area (Å²) in [4.78, 5) is 12.0. The summed E-state index contributed by atoms with van der Waals surface area (Å²) in [6, 6.07) is 0. The van der Waals surface area contributed by atoms with Crippen molar-refractivity contribution in [1.29, 1.82) is 0 Å². The summed E-state index contributed by atoms with van der Waals surface area (Å²) in [6.07, 6.45) is -7.05. The molecular formula is C15H23F9O4S2. The monoisotopic (exact) mass is 502 g/mol. The number of halogens is 9. The van der Waals surface area contributed by atoms with Gasteiger partial charge in [-0.3, -0.25) is 4.79 Å². The molecule has 0 saturated carbocycles. The van der Waals surface area contributed by atoms with Gasteiger partial charge in [0.05, 0.1) is 5.75 Å². The van der Waals surface area contributed by atoms with E-state index in [4.69, 9.17) is 0 Å². The zero-order chi connectivity index (χ0) is 24.6. The van der Waals surface area contributed by atoms with Crippen molar-refractivity contribution in [3.63, 3.8) is 0 Å². The lowest BCUT2D eigenvalue weighted by Crippen LogP contribution is -2.63. The average Bonchev–Trinajstić information content (AvgIpc) is 2.51. The molecule has 0 spiro atoms. The summed E-state index contributed by atoms with van der Waals surface area (Å²) >= 11 is 0. The number of carbonyl (C=O) groups is 1. The van der Waals surface area contributed by atoms with E-state index < -0.39 is 65.7 Å². The van der Waals surface area contributed by atoms with Gasteiger partial charge in [0, 0.05) is 16.9 Å². The predicted molar refractivity (Wildman–Crippen MR) is 93.5 cm³/mol. The lowest BCUT2D eigenvalue weighted by atomic mass is 10.1. The third-order valence-electron chi connectivity index (χ3n) is 4.16. The Balaban J connectivity index is 6.52. The first-order valence-electron chi connectivity index (χ1n) is 8.51.